The molecule has 1 unspecified atom stereocenters. The maximum Gasteiger partial charge on any atom is 0.108 e. The van der Waals surface area contributed by atoms with Crippen molar-refractivity contribution < 1.29 is 0 Å². The van der Waals surface area contributed by atoms with Gasteiger partial charge in [0.05, 0.1) is 17.3 Å². The Balaban J connectivity index is 1.38. The number of aliphatic imine (C=N–C) groups is 1. The fourth-order valence-corrected chi connectivity index (χ4v) is 6.78. The van der Waals surface area contributed by atoms with Gasteiger partial charge in [-0.3, -0.25) is 4.99 Å². The van der Waals surface area contributed by atoms with Crippen LogP contribution in [0.3, 0.4) is 0 Å². The van der Waals surface area contributed by atoms with Gasteiger partial charge >= 0.3 is 0 Å². The van der Waals surface area contributed by atoms with E-state index in [2.05, 4.69) is 79.0 Å². The minimum absolute atomic E-state index is 0.0780. The third kappa shape index (κ3) is 4.65. The summed E-state index contributed by atoms with van der Waals surface area (Å²) in [5, 5.41) is 13.0. The second-order valence-corrected chi connectivity index (χ2v) is 11.1. The zero-order valence-corrected chi connectivity index (χ0v) is 22.5. The minimum Gasteiger partial charge on any atom is -0.398 e. The highest BCUT2D eigenvalue weighted by Gasteiger charge is 2.42. The lowest BCUT2D eigenvalue weighted by molar-refractivity contribution is 0.547. The average molecular weight is 525 g/mol. The first-order chi connectivity index (χ1) is 19.1. The van der Waals surface area contributed by atoms with E-state index in [9.17, 15) is 5.26 Å². The molecule has 5 heteroatoms. The van der Waals surface area contributed by atoms with E-state index >= 15 is 0 Å². The standard InChI is InChI=1S/C34H28N4S/c1-34-20-30(27(24-9-3-2-4-10-24)19-32(34)39-31-14-8-6-12-28(31)34)37-22-38-33(26-11-5-7-13-29(26)36)25-17-15-23(21-35)16-18-25/h2-19,37H,20,22,36H2,1H3/b38-33-. The molecule has 1 atom stereocenters. The van der Waals surface area contributed by atoms with E-state index in [4.69, 9.17) is 10.7 Å². The molecule has 0 saturated heterocycles. The maximum atomic E-state index is 9.26. The zero-order chi connectivity index (χ0) is 26.8. The third-order valence-corrected chi connectivity index (χ3v) is 8.86. The molecule has 39 heavy (non-hydrogen) atoms. The molecular weight excluding hydrogens is 496 g/mol. The van der Waals surface area contributed by atoms with Crippen LogP contribution >= 0.6 is 11.8 Å². The van der Waals surface area contributed by atoms with Gasteiger partial charge in [-0.1, -0.05) is 97.5 Å². The van der Waals surface area contributed by atoms with Crippen molar-refractivity contribution in [3.05, 3.63) is 148 Å². The number of nitriles is 1. The number of fused-ring (bicyclic) bond motifs is 3. The summed E-state index contributed by atoms with van der Waals surface area (Å²) < 4.78 is 0. The number of rotatable bonds is 6. The molecule has 1 aliphatic carbocycles. The van der Waals surface area contributed by atoms with E-state index in [0.717, 1.165) is 23.3 Å². The van der Waals surface area contributed by atoms with Crippen LogP contribution in [-0.2, 0) is 5.41 Å². The lowest BCUT2D eigenvalue weighted by Crippen LogP contribution is -2.29. The lowest BCUT2D eigenvalue weighted by atomic mass is 9.74. The van der Waals surface area contributed by atoms with E-state index < -0.39 is 0 Å². The molecular formula is C34H28N4S. The number of nitrogens with two attached hydrogens (primary N) is 1. The summed E-state index contributed by atoms with van der Waals surface area (Å²) in [5.41, 5.74) is 15.1. The molecule has 0 bridgehead atoms. The molecule has 190 valence electrons. The Morgan fingerprint density at radius 2 is 1.67 bits per heavy atom. The molecule has 1 aliphatic heterocycles. The van der Waals surface area contributed by atoms with Crippen molar-refractivity contribution in [3.63, 3.8) is 0 Å². The van der Waals surface area contributed by atoms with Gasteiger partial charge in [-0.15, -0.1) is 0 Å². The van der Waals surface area contributed by atoms with Crippen molar-refractivity contribution in [2.45, 2.75) is 23.7 Å². The number of hydrogen-bond donors (Lipinski definition) is 2. The van der Waals surface area contributed by atoms with Crippen molar-refractivity contribution in [3.8, 4) is 6.07 Å². The van der Waals surface area contributed by atoms with Gasteiger partial charge in [0.15, 0.2) is 0 Å². The lowest BCUT2D eigenvalue weighted by Gasteiger charge is -2.33. The van der Waals surface area contributed by atoms with Crippen LogP contribution < -0.4 is 11.1 Å². The fraction of sp³-hybridized carbons (Fsp3) is 0.118. The molecule has 3 N–H and O–H groups in total. The number of allylic oxidation sites excluding steroid dienone is 4. The molecule has 0 amide bonds. The van der Waals surface area contributed by atoms with Crippen LogP contribution in [0.4, 0.5) is 5.69 Å². The highest BCUT2D eigenvalue weighted by Crippen LogP contribution is 2.57. The fourth-order valence-electron chi connectivity index (χ4n) is 5.41. The maximum absolute atomic E-state index is 9.26. The average Bonchev–Trinajstić information content (AvgIpc) is 3.27. The van der Waals surface area contributed by atoms with Crippen LogP contribution in [0, 0.1) is 11.3 Å². The second kappa shape index (κ2) is 10.3. The molecule has 4 nitrogen and oxygen atoms in total. The number of hydrogen-bond acceptors (Lipinski definition) is 5. The van der Waals surface area contributed by atoms with Crippen LogP contribution in [0.2, 0.25) is 0 Å². The number of benzene rings is 4. The van der Waals surface area contributed by atoms with Gasteiger partial charge in [-0.05, 0) is 41.5 Å². The molecule has 4 aromatic carbocycles. The molecule has 6 rings (SSSR count). The van der Waals surface area contributed by atoms with Gasteiger partial charge in [0.1, 0.15) is 6.67 Å². The van der Waals surface area contributed by atoms with Crippen LogP contribution in [0.1, 0.15) is 41.2 Å². The van der Waals surface area contributed by atoms with Gasteiger partial charge in [-0.25, -0.2) is 0 Å². The molecule has 0 aromatic heterocycles. The Hall–Kier alpha value is -4.53. The molecule has 0 radical (unpaired) electrons. The molecule has 1 heterocycles. The Bertz CT molecular complexity index is 1680. The zero-order valence-electron chi connectivity index (χ0n) is 21.7. The van der Waals surface area contributed by atoms with Crippen molar-refractivity contribution in [2.24, 2.45) is 4.99 Å². The summed E-state index contributed by atoms with van der Waals surface area (Å²) >= 11 is 1.88. The van der Waals surface area contributed by atoms with Gasteiger partial charge in [0.2, 0.25) is 0 Å². The van der Waals surface area contributed by atoms with Crippen molar-refractivity contribution in [1.82, 2.24) is 5.32 Å². The van der Waals surface area contributed by atoms with E-state index in [1.165, 1.54) is 32.2 Å². The first kappa shape index (κ1) is 24.8. The smallest absolute Gasteiger partial charge is 0.108 e. The van der Waals surface area contributed by atoms with Gasteiger partial charge in [0.25, 0.3) is 0 Å². The summed E-state index contributed by atoms with van der Waals surface area (Å²) in [6.07, 6.45) is 3.22. The number of para-hydroxylation sites is 1. The quantitative estimate of drug-likeness (QED) is 0.205. The largest absolute Gasteiger partial charge is 0.398 e. The normalized spacial score (nSPS) is 18.2. The first-order valence-electron chi connectivity index (χ1n) is 13.0. The monoisotopic (exact) mass is 524 g/mol. The second-order valence-electron chi connectivity index (χ2n) is 9.99. The summed E-state index contributed by atoms with van der Waals surface area (Å²) in [4.78, 5) is 7.75. The number of nitrogens with one attached hydrogen (secondary N) is 1. The Morgan fingerprint density at radius 3 is 2.44 bits per heavy atom. The number of nitrogen functional groups attached to an aromatic ring is 1. The van der Waals surface area contributed by atoms with Crippen LogP contribution in [-0.4, -0.2) is 12.4 Å². The topological polar surface area (TPSA) is 74.2 Å². The van der Waals surface area contributed by atoms with Crippen LogP contribution in [0.15, 0.2) is 130 Å². The molecule has 0 saturated carbocycles. The number of anilines is 1. The number of nitrogens with zero attached hydrogens (tertiary/aromatic N) is 2. The van der Waals surface area contributed by atoms with E-state index in [0.29, 0.717) is 17.9 Å². The van der Waals surface area contributed by atoms with Gasteiger partial charge in [0, 0.05) is 49.7 Å². The highest BCUT2D eigenvalue weighted by molar-refractivity contribution is 8.03. The van der Waals surface area contributed by atoms with Crippen molar-refractivity contribution >= 4 is 28.7 Å². The molecule has 4 aromatic rings. The van der Waals surface area contributed by atoms with Gasteiger partial charge < -0.3 is 11.1 Å². The van der Waals surface area contributed by atoms with E-state index in [-0.39, 0.29) is 5.41 Å². The molecule has 2 aliphatic rings. The Labute approximate surface area is 233 Å². The SMILES string of the molecule is CC12CC(NC/N=C(/c3ccc(C#N)cc3)c3ccccc3N)=C(c3ccccc3)C=C1Sc1ccccc12. The first-order valence-corrected chi connectivity index (χ1v) is 13.8. The Kier molecular flexibility index (Phi) is 6.56. The van der Waals surface area contributed by atoms with Crippen molar-refractivity contribution in [1.29, 1.82) is 5.26 Å². The van der Waals surface area contributed by atoms with Crippen LogP contribution in [0.5, 0.6) is 0 Å². The summed E-state index contributed by atoms with van der Waals surface area (Å²) in [5.74, 6) is 0. The predicted octanol–water partition coefficient (Wildman–Crippen LogP) is 7.29. The van der Waals surface area contributed by atoms with Crippen molar-refractivity contribution in [2.75, 3.05) is 12.4 Å². The predicted molar refractivity (Wildman–Crippen MR) is 161 cm³/mol. The van der Waals surface area contributed by atoms with Gasteiger partial charge in [-0.2, -0.15) is 5.26 Å². The minimum atomic E-state index is -0.0780. The molecule has 0 fully saturated rings. The highest BCUT2D eigenvalue weighted by atomic mass is 32.2. The summed E-state index contributed by atoms with van der Waals surface area (Å²) in [6, 6.07) is 36.7. The summed E-state index contributed by atoms with van der Waals surface area (Å²) in [7, 11) is 0. The van der Waals surface area contributed by atoms with E-state index in [1.54, 1.807) is 0 Å². The third-order valence-electron chi connectivity index (χ3n) is 7.49. The summed E-state index contributed by atoms with van der Waals surface area (Å²) in [6.45, 7) is 2.74. The Morgan fingerprint density at radius 1 is 0.949 bits per heavy atom. The number of thioether (sulfide) groups is 1. The van der Waals surface area contributed by atoms with Crippen LogP contribution in [0.25, 0.3) is 5.57 Å². The van der Waals surface area contributed by atoms with E-state index in [1.807, 2.05) is 60.3 Å². The molecule has 0 spiro atoms.